The van der Waals surface area contributed by atoms with Crippen molar-refractivity contribution in [2.75, 3.05) is 6.54 Å². The lowest BCUT2D eigenvalue weighted by atomic mass is 10.2. The van der Waals surface area contributed by atoms with E-state index in [0.29, 0.717) is 0 Å². The van der Waals surface area contributed by atoms with E-state index in [-0.39, 0.29) is 11.9 Å². The summed E-state index contributed by atoms with van der Waals surface area (Å²) in [6, 6.07) is 4.26. The summed E-state index contributed by atoms with van der Waals surface area (Å²) in [5.74, 6) is 0.162. The molecule has 20 heavy (non-hydrogen) atoms. The number of carbonyl (C=O) groups is 1. The minimum Gasteiger partial charge on any atom is -0.334 e. The summed E-state index contributed by atoms with van der Waals surface area (Å²) >= 11 is 1.57. The smallest absolute Gasteiger partial charge is 0.255 e. The fourth-order valence-electron chi connectivity index (χ4n) is 2.90. The minimum atomic E-state index is 0.162. The van der Waals surface area contributed by atoms with E-state index in [1.165, 1.54) is 0 Å². The molecule has 0 spiro atoms. The molecule has 1 saturated heterocycles. The highest BCUT2D eigenvalue weighted by Crippen LogP contribution is 2.22. The normalized spacial score (nSPS) is 18.7. The maximum absolute atomic E-state index is 12.5. The molecule has 2 aromatic heterocycles. The van der Waals surface area contributed by atoms with Gasteiger partial charge in [-0.25, -0.2) is 0 Å². The third-order valence-electron chi connectivity index (χ3n) is 3.89. The highest BCUT2D eigenvalue weighted by molar-refractivity contribution is 7.08. The quantitative estimate of drug-likeness (QED) is 0.871. The van der Waals surface area contributed by atoms with Gasteiger partial charge < -0.3 is 4.90 Å². The zero-order chi connectivity index (χ0) is 14.1. The Morgan fingerprint density at radius 2 is 2.35 bits per heavy atom. The van der Waals surface area contributed by atoms with Crippen LogP contribution in [0.15, 0.2) is 22.9 Å². The highest BCUT2D eigenvalue weighted by atomic mass is 32.1. The predicted octanol–water partition coefficient (Wildman–Crippen LogP) is 2.87. The number of thiophene rings is 1. The molecule has 4 nitrogen and oxygen atoms in total. The molecule has 2 aromatic rings. The number of aryl methyl sites for hydroxylation is 2. The topological polar surface area (TPSA) is 38.1 Å². The summed E-state index contributed by atoms with van der Waals surface area (Å²) < 4.78 is 2.03. The summed E-state index contributed by atoms with van der Waals surface area (Å²) in [6.45, 7) is 5.74. The summed E-state index contributed by atoms with van der Waals surface area (Å²) in [4.78, 5) is 14.5. The fraction of sp³-hybridized carbons (Fsp3) is 0.467. The van der Waals surface area contributed by atoms with Crippen LogP contribution in [0.2, 0.25) is 0 Å². The van der Waals surface area contributed by atoms with Gasteiger partial charge in [-0.3, -0.25) is 9.48 Å². The summed E-state index contributed by atoms with van der Waals surface area (Å²) in [5, 5.41) is 8.40. The van der Waals surface area contributed by atoms with E-state index in [4.69, 9.17) is 0 Å². The van der Waals surface area contributed by atoms with Crippen LogP contribution in [-0.4, -0.2) is 33.2 Å². The van der Waals surface area contributed by atoms with Crippen LogP contribution in [0.1, 0.15) is 34.6 Å². The maximum atomic E-state index is 12.5. The van der Waals surface area contributed by atoms with Gasteiger partial charge in [0.05, 0.1) is 23.8 Å². The molecule has 1 unspecified atom stereocenters. The SMILES string of the molecule is Cc1cc(C)n(CC2CCCN2C(=O)c2ccsc2)n1. The maximum Gasteiger partial charge on any atom is 0.255 e. The fourth-order valence-corrected chi connectivity index (χ4v) is 3.53. The number of hydrogen-bond acceptors (Lipinski definition) is 3. The second-order valence-electron chi connectivity index (χ2n) is 5.42. The number of amides is 1. The molecule has 0 bridgehead atoms. The van der Waals surface area contributed by atoms with Gasteiger partial charge in [0.1, 0.15) is 0 Å². The van der Waals surface area contributed by atoms with Crippen molar-refractivity contribution < 1.29 is 4.79 Å². The second kappa shape index (κ2) is 5.40. The van der Waals surface area contributed by atoms with Gasteiger partial charge >= 0.3 is 0 Å². The molecule has 1 aliphatic rings. The molecular weight excluding hydrogens is 270 g/mol. The average molecular weight is 289 g/mol. The Balaban J connectivity index is 1.76. The molecule has 1 fully saturated rings. The van der Waals surface area contributed by atoms with Crippen molar-refractivity contribution in [2.24, 2.45) is 0 Å². The number of rotatable bonds is 3. The third-order valence-corrected chi connectivity index (χ3v) is 4.58. The third kappa shape index (κ3) is 2.50. The van der Waals surface area contributed by atoms with Crippen LogP contribution < -0.4 is 0 Å². The first kappa shape index (κ1) is 13.4. The molecule has 0 aliphatic carbocycles. The monoisotopic (exact) mass is 289 g/mol. The van der Waals surface area contributed by atoms with Crippen molar-refractivity contribution in [3.05, 3.63) is 39.8 Å². The van der Waals surface area contributed by atoms with E-state index in [2.05, 4.69) is 18.1 Å². The second-order valence-corrected chi connectivity index (χ2v) is 6.20. The Labute approximate surface area is 123 Å². The Bertz CT molecular complexity index is 603. The lowest BCUT2D eigenvalue weighted by Crippen LogP contribution is -2.38. The molecule has 0 N–H and O–H groups in total. The van der Waals surface area contributed by atoms with Crippen molar-refractivity contribution in [2.45, 2.75) is 39.3 Å². The lowest BCUT2D eigenvalue weighted by Gasteiger charge is -2.24. The molecule has 1 amide bonds. The number of hydrogen-bond donors (Lipinski definition) is 0. The molecule has 1 atom stereocenters. The summed E-state index contributed by atoms with van der Waals surface area (Å²) in [6.07, 6.45) is 2.15. The van der Waals surface area contributed by atoms with Gasteiger partial charge in [-0.15, -0.1) is 0 Å². The molecule has 3 rings (SSSR count). The first-order valence-corrected chi connectivity index (χ1v) is 7.93. The summed E-state index contributed by atoms with van der Waals surface area (Å²) in [5.41, 5.74) is 3.02. The van der Waals surface area contributed by atoms with Crippen molar-refractivity contribution in [3.8, 4) is 0 Å². The molecule has 106 valence electrons. The van der Waals surface area contributed by atoms with Gasteiger partial charge in [-0.05, 0) is 44.2 Å². The van der Waals surface area contributed by atoms with E-state index < -0.39 is 0 Å². The first-order valence-electron chi connectivity index (χ1n) is 6.99. The first-order chi connectivity index (χ1) is 9.65. The molecular formula is C15H19N3OS. The molecule has 0 aromatic carbocycles. The van der Waals surface area contributed by atoms with E-state index in [1.807, 2.05) is 33.3 Å². The van der Waals surface area contributed by atoms with Crippen molar-refractivity contribution in [1.82, 2.24) is 14.7 Å². The van der Waals surface area contributed by atoms with Gasteiger partial charge in [0, 0.05) is 17.6 Å². The number of carbonyl (C=O) groups excluding carboxylic acids is 1. The zero-order valence-corrected chi connectivity index (χ0v) is 12.7. The molecule has 3 heterocycles. The standard InChI is InChI=1S/C15H19N3OS/c1-11-8-12(2)18(16-11)9-14-4-3-6-17(14)15(19)13-5-7-20-10-13/h5,7-8,10,14H,3-4,6,9H2,1-2H3. The molecule has 0 saturated carbocycles. The zero-order valence-electron chi connectivity index (χ0n) is 11.9. The number of nitrogens with zero attached hydrogens (tertiary/aromatic N) is 3. The van der Waals surface area contributed by atoms with Crippen LogP contribution >= 0.6 is 11.3 Å². The van der Waals surface area contributed by atoms with Gasteiger partial charge in [0.15, 0.2) is 0 Å². The minimum absolute atomic E-state index is 0.162. The van der Waals surface area contributed by atoms with Crippen LogP contribution in [-0.2, 0) is 6.54 Å². The van der Waals surface area contributed by atoms with E-state index in [0.717, 1.165) is 42.9 Å². The Morgan fingerprint density at radius 3 is 3.00 bits per heavy atom. The summed E-state index contributed by atoms with van der Waals surface area (Å²) in [7, 11) is 0. The molecule has 5 heteroatoms. The predicted molar refractivity (Wildman–Crippen MR) is 80.1 cm³/mol. The van der Waals surface area contributed by atoms with Crippen molar-refractivity contribution >= 4 is 17.2 Å². The van der Waals surface area contributed by atoms with Crippen LogP contribution in [0.5, 0.6) is 0 Å². The number of likely N-dealkylation sites (tertiary alicyclic amines) is 1. The molecule has 0 radical (unpaired) electrons. The largest absolute Gasteiger partial charge is 0.334 e. The Hall–Kier alpha value is -1.62. The Morgan fingerprint density at radius 1 is 1.50 bits per heavy atom. The van der Waals surface area contributed by atoms with E-state index in [9.17, 15) is 4.79 Å². The van der Waals surface area contributed by atoms with Crippen LogP contribution in [0, 0.1) is 13.8 Å². The highest BCUT2D eigenvalue weighted by Gasteiger charge is 2.30. The average Bonchev–Trinajstić information content (AvgIpc) is 3.12. The number of aromatic nitrogens is 2. The van der Waals surface area contributed by atoms with E-state index in [1.54, 1.807) is 11.3 Å². The lowest BCUT2D eigenvalue weighted by molar-refractivity contribution is 0.0721. The van der Waals surface area contributed by atoms with Gasteiger partial charge in [0.25, 0.3) is 5.91 Å². The van der Waals surface area contributed by atoms with Gasteiger partial charge in [0.2, 0.25) is 0 Å². The Kier molecular flexibility index (Phi) is 3.61. The molecule has 1 aliphatic heterocycles. The van der Waals surface area contributed by atoms with Gasteiger partial charge in [-0.1, -0.05) is 0 Å². The van der Waals surface area contributed by atoms with Crippen molar-refractivity contribution in [3.63, 3.8) is 0 Å². The van der Waals surface area contributed by atoms with E-state index >= 15 is 0 Å². The van der Waals surface area contributed by atoms with Crippen LogP contribution in [0.4, 0.5) is 0 Å². The van der Waals surface area contributed by atoms with Crippen LogP contribution in [0.25, 0.3) is 0 Å². The van der Waals surface area contributed by atoms with Gasteiger partial charge in [-0.2, -0.15) is 16.4 Å². The van der Waals surface area contributed by atoms with Crippen LogP contribution in [0.3, 0.4) is 0 Å². The van der Waals surface area contributed by atoms with Crippen molar-refractivity contribution in [1.29, 1.82) is 0 Å².